The van der Waals surface area contributed by atoms with E-state index in [0.717, 1.165) is 6.42 Å². The maximum Gasteiger partial charge on any atom is 0.311 e. The molecule has 2 rings (SSSR count). The third-order valence-electron chi connectivity index (χ3n) is 3.36. The minimum absolute atomic E-state index is 0.156. The van der Waals surface area contributed by atoms with E-state index in [2.05, 4.69) is 15.9 Å². The molecule has 0 bridgehead atoms. The zero-order valence-electron chi connectivity index (χ0n) is 12.1. The number of carbonyl (C=O) groups excluding carboxylic acids is 1. The van der Waals surface area contributed by atoms with Crippen molar-refractivity contribution in [2.24, 2.45) is 5.92 Å². The number of hydrogen-bond acceptors (Lipinski definition) is 5. The summed E-state index contributed by atoms with van der Waals surface area (Å²) < 4.78 is 16.4. The summed E-state index contributed by atoms with van der Waals surface area (Å²) in [5, 5.41) is 10.5. The standard InChI is InChI=1S/C15H19BrO5/c1-3-5-10(15(18)19-4-2)13(17)9-6-11(16)14-12(7-9)20-8-21-14/h6-7,10,13,17H,3-5,8H2,1-2H3. The molecule has 2 unspecified atom stereocenters. The summed E-state index contributed by atoms with van der Waals surface area (Å²) >= 11 is 3.39. The van der Waals surface area contributed by atoms with Gasteiger partial charge in [0.25, 0.3) is 0 Å². The molecular weight excluding hydrogens is 340 g/mol. The summed E-state index contributed by atoms with van der Waals surface area (Å²) in [6.45, 7) is 4.18. The summed E-state index contributed by atoms with van der Waals surface area (Å²) in [5.41, 5.74) is 0.609. The van der Waals surface area contributed by atoms with Crippen LogP contribution in [0.4, 0.5) is 0 Å². The monoisotopic (exact) mass is 358 g/mol. The van der Waals surface area contributed by atoms with Crippen molar-refractivity contribution in [1.82, 2.24) is 0 Å². The molecule has 0 amide bonds. The molecule has 1 N–H and O–H groups in total. The number of ether oxygens (including phenoxy) is 3. The van der Waals surface area contributed by atoms with Gasteiger partial charge in [0, 0.05) is 0 Å². The average molecular weight is 359 g/mol. The largest absolute Gasteiger partial charge is 0.466 e. The minimum atomic E-state index is -0.935. The van der Waals surface area contributed by atoms with Crippen LogP contribution in [0.1, 0.15) is 38.4 Å². The predicted octanol–water partition coefficient (Wildman–Crippen LogP) is 3.19. The van der Waals surface area contributed by atoms with E-state index in [1.165, 1.54) is 0 Å². The maximum atomic E-state index is 12.0. The van der Waals surface area contributed by atoms with Gasteiger partial charge in [0.1, 0.15) is 0 Å². The summed E-state index contributed by atoms with van der Waals surface area (Å²) in [4.78, 5) is 12.0. The SMILES string of the molecule is CCCC(C(=O)OCC)C(O)c1cc(Br)c2c(c1)OCO2. The first-order valence-corrected chi connectivity index (χ1v) is 7.81. The average Bonchev–Trinajstić information content (AvgIpc) is 2.93. The molecule has 116 valence electrons. The quantitative estimate of drug-likeness (QED) is 0.791. The number of hydrogen-bond donors (Lipinski definition) is 1. The van der Waals surface area contributed by atoms with Crippen LogP contribution in [0.25, 0.3) is 0 Å². The van der Waals surface area contributed by atoms with Crippen molar-refractivity contribution in [2.75, 3.05) is 13.4 Å². The van der Waals surface area contributed by atoms with Crippen molar-refractivity contribution in [3.05, 3.63) is 22.2 Å². The lowest BCUT2D eigenvalue weighted by Gasteiger charge is -2.21. The second kappa shape index (κ2) is 7.13. The van der Waals surface area contributed by atoms with Gasteiger partial charge in [-0.1, -0.05) is 13.3 Å². The lowest BCUT2D eigenvalue weighted by atomic mass is 9.91. The molecule has 1 aliphatic heterocycles. The summed E-state index contributed by atoms with van der Waals surface area (Å²) in [7, 11) is 0. The molecule has 0 saturated carbocycles. The van der Waals surface area contributed by atoms with Gasteiger partial charge in [-0.05, 0) is 47.0 Å². The van der Waals surface area contributed by atoms with Gasteiger partial charge in [0.2, 0.25) is 6.79 Å². The molecular formula is C15H19BrO5. The number of rotatable bonds is 6. The van der Waals surface area contributed by atoms with Crippen LogP contribution in [0.2, 0.25) is 0 Å². The van der Waals surface area contributed by atoms with Crippen molar-refractivity contribution in [2.45, 2.75) is 32.8 Å². The van der Waals surface area contributed by atoms with Crippen LogP contribution >= 0.6 is 15.9 Å². The molecule has 1 aromatic rings. The maximum absolute atomic E-state index is 12.0. The van der Waals surface area contributed by atoms with E-state index in [1.54, 1.807) is 19.1 Å². The Morgan fingerprint density at radius 3 is 2.86 bits per heavy atom. The number of carbonyl (C=O) groups is 1. The Morgan fingerprint density at radius 2 is 2.19 bits per heavy atom. The highest BCUT2D eigenvalue weighted by molar-refractivity contribution is 9.10. The van der Waals surface area contributed by atoms with Gasteiger partial charge in [-0.25, -0.2) is 0 Å². The van der Waals surface area contributed by atoms with Crippen LogP contribution in [-0.4, -0.2) is 24.5 Å². The van der Waals surface area contributed by atoms with Gasteiger partial charge in [-0.3, -0.25) is 4.79 Å². The van der Waals surface area contributed by atoms with Gasteiger partial charge in [-0.2, -0.15) is 0 Å². The summed E-state index contributed by atoms with van der Waals surface area (Å²) in [6.07, 6.45) is 0.410. The summed E-state index contributed by atoms with van der Waals surface area (Å²) in [6, 6.07) is 3.46. The van der Waals surface area contributed by atoms with E-state index in [-0.39, 0.29) is 12.8 Å². The minimum Gasteiger partial charge on any atom is -0.466 e. The lowest BCUT2D eigenvalue weighted by molar-refractivity contribution is -0.152. The smallest absolute Gasteiger partial charge is 0.311 e. The van der Waals surface area contributed by atoms with Crippen molar-refractivity contribution in [3.63, 3.8) is 0 Å². The molecule has 0 fully saturated rings. The molecule has 5 nitrogen and oxygen atoms in total. The highest BCUT2D eigenvalue weighted by Gasteiger charge is 2.30. The first-order valence-electron chi connectivity index (χ1n) is 7.02. The Balaban J connectivity index is 2.26. The molecule has 2 atom stereocenters. The first-order chi connectivity index (χ1) is 10.1. The molecule has 6 heteroatoms. The van der Waals surface area contributed by atoms with Crippen LogP contribution in [0.5, 0.6) is 11.5 Å². The van der Waals surface area contributed by atoms with Crippen LogP contribution in [0.3, 0.4) is 0 Å². The molecule has 1 heterocycles. The van der Waals surface area contributed by atoms with E-state index in [1.807, 2.05) is 6.92 Å². The Kier molecular flexibility index (Phi) is 5.47. The van der Waals surface area contributed by atoms with E-state index >= 15 is 0 Å². The first kappa shape index (κ1) is 16.1. The highest BCUT2D eigenvalue weighted by Crippen LogP contribution is 2.42. The number of aliphatic hydroxyl groups is 1. The van der Waals surface area contributed by atoms with Crippen LogP contribution in [0.15, 0.2) is 16.6 Å². The zero-order chi connectivity index (χ0) is 15.4. The van der Waals surface area contributed by atoms with Crippen molar-refractivity contribution < 1.29 is 24.1 Å². The van der Waals surface area contributed by atoms with Crippen LogP contribution in [0, 0.1) is 5.92 Å². The lowest BCUT2D eigenvalue weighted by Crippen LogP contribution is -2.24. The Hall–Kier alpha value is -1.27. The molecule has 0 aliphatic carbocycles. The highest BCUT2D eigenvalue weighted by atomic mass is 79.9. The molecule has 0 aromatic heterocycles. The Labute approximate surface area is 132 Å². The topological polar surface area (TPSA) is 65.0 Å². The number of benzene rings is 1. The summed E-state index contributed by atoms with van der Waals surface area (Å²) in [5.74, 6) is 0.231. The van der Waals surface area contributed by atoms with Gasteiger partial charge in [0.15, 0.2) is 11.5 Å². The number of fused-ring (bicyclic) bond motifs is 1. The third-order valence-corrected chi connectivity index (χ3v) is 3.95. The third kappa shape index (κ3) is 3.49. The van der Waals surface area contributed by atoms with E-state index in [9.17, 15) is 9.90 Å². The van der Waals surface area contributed by atoms with E-state index in [0.29, 0.717) is 34.6 Å². The normalized spacial score (nSPS) is 15.6. The van der Waals surface area contributed by atoms with Crippen molar-refractivity contribution in [3.8, 4) is 11.5 Å². The van der Waals surface area contributed by atoms with Gasteiger partial charge in [-0.15, -0.1) is 0 Å². The number of halogens is 1. The molecule has 1 aliphatic rings. The predicted molar refractivity (Wildman–Crippen MR) is 80.3 cm³/mol. The molecule has 0 radical (unpaired) electrons. The number of esters is 1. The fourth-order valence-electron chi connectivity index (χ4n) is 2.36. The molecule has 1 aromatic carbocycles. The Morgan fingerprint density at radius 1 is 1.43 bits per heavy atom. The molecule has 21 heavy (non-hydrogen) atoms. The van der Waals surface area contributed by atoms with E-state index in [4.69, 9.17) is 14.2 Å². The Bertz CT molecular complexity index is 517. The van der Waals surface area contributed by atoms with Gasteiger partial charge < -0.3 is 19.3 Å². The molecule has 0 saturated heterocycles. The molecule has 0 spiro atoms. The fourth-order valence-corrected chi connectivity index (χ4v) is 2.93. The van der Waals surface area contributed by atoms with Crippen LogP contribution < -0.4 is 9.47 Å². The van der Waals surface area contributed by atoms with Gasteiger partial charge in [0.05, 0.1) is 23.1 Å². The van der Waals surface area contributed by atoms with Crippen molar-refractivity contribution >= 4 is 21.9 Å². The number of aliphatic hydroxyl groups excluding tert-OH is 1. The van der Waals surface area contributed by atoms with E-state index < -0.39 is 12.0 Å². The second-order valence-corrected chi connectivity index (χ2v) is 5.68. The van der Waals surface area contributed by atoms with Crippen LogP contribution in [-0.2, 0) is 9.53 Å². The second-order valence-electron chi connectivity index (χ2n) is 4.83. The van der Waals surface area contributed by atoms with Crippen molar-refractivity contribution in [1.29, 1.82) is 0 Å². The fraction of sp³-hybridized carbons (Fsp3) is 0.533. The van der Waals surface area contributed by atoms with Gasteiger partial charge >= 0.3 is 5.97 Å². The zero-order valence-corrected chi connectivity index (χ0v) is 13.7.